The van der Waals surface area contributed by atoms with E-state index < -0.39 is 5.97 Å². The van der Waals surface area contributed by atoms with Gasteiger partial charge in [0.05, 0.1) is 22.5 Å². The fourth-order valence-corrected chi connectivity index (χ4v) is 2.80. The Bertz CT molecular complexity index is 681. The van der Waals surface area contributed by atoms with Crippen molar-refractivity contribution in [1.29, 1.82) is 0 Å². The summed E-state index contributed by atoms with van der Waals surface area (Å²) in [4.78, 5) is 11.1. The van der Waals surface area contributed by atoms with Gasteiger partial charge in [0.1, 0.15) is 0 Å². The number of rotatable bonds is 2. The van der Waals surface area contributed by atoms with Crippen LogP contribution in [0.3, 0.4) is 0 Å². The number of aromatic nitrogens is 2. The second kappa shape index (κ2) is 4.92. The fraction of sp³-hybridized carbons (Fsp3) is 0.286. The van der Waals surface area contributed by atoms with Gasteiger partial charge in [0.25, 0.3) is 0 Å². The molecule has 1 aromatic heterocycles. The minimum atomic E-state index is -0.986. The van der Waals surface area contributed by atoms with Crippen LogP contribution in [-0.2, 0) is 6.42 Å². The number of aromatic carboxylic acids is 1. The molecule has 0 fully saturated rings. The summed E-state index contributed by atoms with van der Waals surface area (Å²) in [5, 5.41) is 13.9. The van der Waals surface area contributed by atoms with Gasteiger partial charge in [-0.15, -0.1) is 0 Å². The van der Waals surface area contributed by atoms with Crippen LogP contribution in [0.15, 0.2) is 24.4 Å². The molecule has 5 nitrogen and oxygen atoms in total. The maximum atomic E-state index is 11.1. The Morgan fingerprint density at radius 3 is 3.05 bits per heavy atom. The lowest BCUT2D eigenvalue weighted by molar-refractivity contribution is 0.0697. The third kappa shape index (κ3) is 2.09. The topological polar surface area (TPSA) is 81.1 Å². The Morgan fingerprint density at radius 2 is 2.30 bits per heavy atom. The predicted molar refractivity (Wildman–Crippen MR) is 75.4 cm³/mol. The molecule has 0 saturated carbocycles. The Hall–Kier alpha value is -1.85. The molecule has 3 rings (SSSR count). The van der Waals surface area contributed by atoms with Crippen LogP contribution in [-0.4, -0.2) is 20.9 Å². The average molecular weight is 292 g/mol. The second-order valence-electron chi connectivity index (χ2n) is 4.93. The Labute approximate surface area is 121 Å². The van der Waals surface area contributed by atoms with Gasteiger partial charge in [0.2, 0.25) is 0 Å². The maximum absolute atomic E-state index is 11.1. The lowest BCUT2D eigenvalue weighted by Gasteiger charge is -2.20. The van der Waals surface area contributed by atoms with Gasteiger partial charge in [-0.05, 0) is 37.5 Å². The first-order valence-electron chi connectivity index (χ1n) is 6.43. The summed E-state index contributed by atoms with van der Waals surface area (Å²) in [6.45, 7) is 0. The lowest BCUT2D eigenvalue weighted by atomic mass is 9.94. The van der Waals surface area contributed by atoms with Crippen LogP contribution in [0.1, 0.15) is 40.5 Å². The highest BCUT2D eigenvalue weighted by Crippen LogP contribution is 2.31. The summed E-state index contributed by atoms with van der Waals surface area (Å²) < 4.78 is 1.71. The van der Waals surface area contributed by atoms with Gasteiger partial charge in [0, 0.05) is 17.3 Å². The summed E-state index contributed by atoms with van der Waals surface area (Å²) in [5.41, 5.74) is 8.89. The van der Waals surface area contributed by atoms with Crippen LogP contribution >= 0.6 is 11.6 Å². The number of carboxylic acid groups (broad SMARTS) is 1. The van der Waals surface area contributed by atoms with Crippen LogP contribution < -0.4 is 5.73 Å². The number of hydrogen-bond donors (Lipinski definition) is 2. The molecule has 1 aliphatic carbocycles. The summed E-state index contributed by atoms with van der Waals surface area (Å²) in [5.74, 6) is -0.986. The Morgan fingerprint density at radius 1 is 1.50 bits per heavy atom. The van der Waals surface area contributed by atoms with E-state index in [2.05, 4.69) is 5.10 Å². The quantitative estimate of drug-likeness (QED) is 0.891. The SMILES string of the molecule is NC1CCCc2c1cnn2-c1cc(C(=O)O)ccc1Cl. The van der Waals surface area contributed by atoms with Gasteiger partial charge in [0.15, 0.2) is 0 Å². The van der Waals surface area contributed by atoms with E-state index in [1.165, 1.54) is 12.1 Å². The molecular formula is C14H14ClN3O2. The third-order valence-corrected chi connectivity index (χ3v) is 3.97. The number of nitrogens with zero attached hydrogens (tertiary/aromatic N) is 2. The predicted octanol–water partition coefficient (Wildman–Crippen LogP) is 2.56. The summed E-state index contributed by atoms with van der Waals surface area (Å²) in [6.07, 6.45) is 4.57. The third-order valence-electron chi connectivity index (χ3n) is 3.65. The molecule has 104 valence electrons. The first kappa shape index (κ1) is 13.1. The molecule has 3 N–H and O–H groups in total. The first-order chi connectivity index (χ1) is 9.58. The highest BCUT2D eigenvalue weighted by molar-refractivity contribution is 6.32. The first-order valence-corrected chi connectivity index (χ1v) is 6.81. The molecule has 6 heteroatoms. The zero-order valence-electron chi connectivity index (χ0n) is 10.7. The highest BCUT2D eigenvalue weighted by atomic mass is 35.5. The minimum Gasteiger partial charge on any atom is -0.478 e. The van der Waals surface area contributed by atoms with Gasteiger partial charge in [-0.1, -0.05) is 11.6 Å². The number of fused-ring (bicyclic) bond motifs is 1. The van der Waals surface area contributed by atoms with Crippen LogP contribution in [0.25, 0.3) is 5.69 Å². The average Bonchev–Trinajstić information content (AvgIpc) is 2.84. The molecule has 0 bridgehead atoms. The van der Waals surface area contributed by atoms with E-state index in [4.69, 9.17) is 22.4 Å². The van der Waals surface area contributed by atoms with E-state index in [1.807, 2.05) is 0 Å². The molecular weight excluding hydrogens is 278 g/mol. The van der Waals surface area contributed by atoms with Gasteiger partial charge in [-0.25, -0.2) is 9.48 Å². The van der Waals surface area contributed by atoms with Crippen molar-refractivity contribution < 1.29 is 9.90 Å². The molecule has 0 radical (unpaired) electrons. The van der Waals surface area contributed by atoms with Crippen LogP contribution in [0.5, 0.6) is 0 Å². The Balaban J connectivity index is 2.14. The van der Waals surface area contributed by atoms with Crippen molar-refractivity contribution in [2.75, 3.05) is 0 Å². The normalized spacial score (nSPS) is 17.8. The van der Waals surface area contributed by atoms with Crippen molar-refractivity contribution in [2.45, 2.75) is 25.3 Å². The molecule has 1 unspecified atom stereocenters. The van der Waals surface area contributed by atoms with Crippen molar-refractivity contribution in [1.82, 2.24) is 9.78 Å². The zero-order valence-corrected chi connectivity index (χ0v) is 11.5. The van der Waals surface area contributed by atoms with E-state index in [0.717, 1.165) is 30.5 Å². The van der Waals surface area contributed by atoms with E-state index >= 15 is 0 Å². The summed E-state index contributed by atoms with van der Waals surface area (Å²) in [7, 11) is 0. The maximum Gasteiger partial charge on any atom is 0.335 e. The molecule has 1 heterocycles. The molecule has 2 aromatic rings. The molecule has 0 amide bonds. The Kier molecular flexibility index (Phi) is 3.23. The minimum absolute atomic E-state index is 0.00562. The molecule has 1 aromatic carbocycles. The number of hydrogen-bond acceptors (Lipinski definition) is 3. The molecule has 0 aliphatic heterocycles. The van der Waals surface area contributed by atoms with E-state index in [0.29, 0.717) is 10.7 Å². The van der Waals surface area contributed by atoms with E-state index in [9.17, 15) is 4.79 Å². The molecule has 0 spiro atoms. The number of carboxylic acids is 1. The molecule has 1 aliphatic rings. The van der Waals surface area contributed by atoms with Crippen LogP contribution in [0.4, 0.5) is 0 Å². The van der Waals surface area contributed by atoms with E-state index in [-0.39, 0.29) is 11.6 Å². The van der Waals surface area contributed by atoms with Gasteiger partial charge < -0.3 is 10.8 Å². The smallest absolute Gasteiger partial charge is 0.335 e. The van der Waals surface area contributed by atoms with Crippen molar-refractivity contribution in [3.63, 3.8) is 0 Å². The van der Waals surface area contributed by atoms with Crippen LogP contribution in [0.2, 0.25) is 5.02 Å². The summed E-state index contributed by atoms with van der Waals surface area (Å²) in [6, 6.07) is 4.60. The van der Waals surface area contributed by atoms with Gasteiger partial charge >= 0.3 is 5.97 Å². The zero-order chi connectivity index (χ0) is 14.3. The monoisotopic (exact) mass is 291 g/mol. The fourth-order valence-electron chi connectivity index (χ4n) is 2.61. The van der Waals surface area contributed by atoms with E-state index in [1.54, 1.807) is 16.9 Å². The van der Waals surface area contributed by atoms with Crippen LogP contribution in [0, 0.1) is 0 Å². The highest BCUT2D eigenvalue weighted by Gasteiger charge is 2.23. The lowest BCUT2D eigenvalue weighted by Crippen LogP contribution is -2.18. The second-order valence-corrected chi connectivity index (χ2v) is 5.34. The number of carbonyl (C=O) groups is 1. The van der Waals surface area contributed by atoms with Crippen molar-refractivity contribution >= 4 is 17.6 Å². The van der Waals surface area contributed by atoms with Crippen molar-refractivity contribution in [3.05, 3.63) is 46.2 Å². The summed E-state index contributed by atoms with van der Waals surface area (Å²) >= 11 is 6.19. The standard InChI is InChI=1S/C14H14ClN3O2/c15-10-5-4-8(14(19)20)6-13(10)18-12-3-1-2-11(16)9(12)7-17-18/h4-7,11H,1-3,16H2,(H,19,20). The van der Waals surface area contributed by atoms with Crippen molar-refractivity contribution in [2.24, 2.45) is 5.73 Å². The number of benzene rings is 1. The van der Waals surface area contributed by atoms with Crippen molar-refractivity contribution in [3.8, 4) is 5.69 Å². The molecule has 0 saturated heterocycles. The number of nitrogens with two attached hydrogens (primary N) is 1. The molecule has 1 atom stereocenters. The van der Waals surface area contributed by atoms with Gasteiger partial charge in [-0.2, -0.15) is 5.10 Å². The molecule has 20 heavy (non-hydrogen) atoms. The van der Waals surface area contributed by atoms with Gasteiger partial charge in [-0.3, -0.25) is 0 Å². The number of halogens is 1. The largest absolute Gasteiger partial charge is 0.478 e.